The number of nitrogens with zero attached hydrogens (tertiary/aromatic N) is 2. The average molecular weight is 381 g/mol. The highest BCUT2D eigenvalue weighted by atomic mass is 32.2. The molecule has 0 radical (unpaired) electrons. The number of allylic oxidation sites excluding steroid dienone is 2. The second kappa shape index (κ2) is 7.18. The van der Waals surface area contributed by atoms with Crippen LogP contribution in [0.3, 0.4) is 0 Å². The molecule has 0 saturated carbocycles. The van der Waals surface area contributed by atoms with Gasteiger partial charge in [0.25, 0.3) is 0 Å². The van der Waals surface area contributed by atoms with E-state index in [4.69, 9.17) is 0 Å². The first-order valence-corrected chi connectivity index (χ1v) is 11.0. The maximum Gasteiger partial charge on any atom is 0.223 e. The molecule has 0 aromatic carbocycles. The Hall–Kier alpha value is -1.63. The lowest BCUT2D eigenvalue weighted by Crippen LogP contribution is -2.44. The van der Waals surface area contributed by atoms with Crippen molar-refractivity contribution in [2.24, 2.45) is 11.3 Å². The van der Waals surface area contributed by atoms with Crippen LogP contribution in [0.4, 0.5) is 0 Å². The smallest absolute Gasteiger partial charge is 0.223 e. The van der Waals surface area contributed by atoms with Crippen LogP contribution in [0.2, 0.25) is 0 Å². The van der Waals surface area contributed by atoms with E-state index in [1.54, 1.807) is 6.08 Å². The summed E-state index contributed by atoms with van der Waals surface area (Å²) in [6, 6.07) is 0. The summed E-state index contributed by atoms with van der Waals surface area (Å²) in [5, 5.41) is 1.22. The lowest BCUT2D eigenvalue weighted by molar-refractivity contribution is -0.134. The van der Waals surface area contributed by atoms with E-state index in [0.717, 1.165) is 19.4 Å². The normalized spacial score (nSPS) is 26.5. The van der Waals surface area contributed by atoms with Gasteiger partial charge in [0.1, 0.15) is 0 Å². The van der Waals surface area contributed by atoms with E-state index in [1.165, 1.54) is 11.0 Å². The van der Waals surface area contributed by atoms with E-state index >= 15 is 0 Å². The first kappa shape index (κ1) is 19.1. The van der Waals surface area contributed by atoms with Gasteiger partial charge >= 0.3 is 0 Å². The van der Waals surface area contributed by atoms with Crippen molar-refractivity contribution in [3.63, 3.8) is 0 Å². The summed E-state index contributed by atoms with van der Waals surface area (Å²) in [7, 11) is -3.11. The molecule has 0 bridgehead atoms. The second-order valence-corrected chi connectivity index (χ2v) is 10.2. The molecule has 3 aliphatic rings. The number of hydrogen-bond acceptors (Lipinski definition) is 4. The van der Waals surface area contributed by atoms with E-state index in [2.05, 4.69) is 6.08 Å². The van der Waals surface area contributed by atoms with Crippen molar-refractivity contribution < 1.29 is 18.0 Å². The Bertz CT molecular complexity index is 742. The Morgan fingerprint density at radius 3 is 2.58 bits per heavy atom. The number of hydrogen-bond donors (Lipinski definition) is 0. The minimum atomic E-state index is -3.11. The molecule has 2 fully saturated rings. The Balaban J connectivity index is 1.51. The molecule has 26 heavy (non-hydrogen) atoms. The average Bonchev–Trinajstić information content (AvgIpc) is 3.05. The minimum absolute atomic E-state index is 0.0000496. The second-order valence-electron chi connectivity index (χ2n) is 8.24. The predicted molar refractivity (Wildman–Crippen MR) is 99.9 cm³/mol. The molecule has 0 unspecified atom stereocenters. The van der Waals surface area contributed by atoms with Gasteiger partial charge in [-0.25, -0.2) is 8.42 Å². The van der Waals surface area contributed by atoms with Crippen LogP contribution in [0.1, 0.15) is 39.5 Å². The molecule has 0 N–H and O–H groups in total. The summed E-state index contributed by atoms with van der Waals surface area (Å²) in [6.07, 6.45) is 6.24. The molecule has 6 nitrogen and oxygen atoms in total. The SMILES string of the molecule is CC(C)=CCN1CC2(CCN(C(=O)C[C@H]3C=CS(=O)(=O)C3)CC2)CC1=O. The number of rotatable bonds is 4. The van der Waals surface area contributed by atoms with Crippen molar-refractivity contribution in [2.45, 2.75) is 39.5 Å². The highest BCUT2D eigenvalue weighted by Crippen LogP contribution is 2.41. The van der Waals surface area contributed by atoms with E-state index in [-0.39, 0.29) is 35.3 Å². The molecule has 2 saturated heterocycles. The Morgan fingerprint density at radius 2 is 2.00 bits per heavy atom. The lowest BCUT2D eigenvalue weighted by atomic mass is 9.77. The summed E-state index contributed by atoms with van der Waals surface area (Å²) in [5.41, 5.74) is 1.21. The van der Waals surface area contributed by atoms with Gasteiger partial charge in [0.15, 0.2) is 9.84 Å². The molecule has 3 rings (SSSR count). The van der Waals surface area contributed by atoms with Crippen LogP contribution >= 0.6 is 0 Å². The maximum absolute atomic E-state index is 12.5. The number of amides is 2. The molecule has 144 valence electrons. The summed E-state index contributed by atoms with van der Waals surface area (Å²) in [5.74, 6) is 0.0848. The lowest BCUT2D eigenvalue weighted by Gasteiger charge is -2.39. The Labute approximate surface area is 155 Å². The van der Waals surface area contributed by atoms with Gasteiger partial charge in [0.05, 0.1) is 5.75 Å². The molecular formula is C19H28N2O4S. The molecule has 0 aromatic heterocycles. The van der Waals surface area contributed by atoms with E-state index in [0.29, 0.717) is 26.1 Å². The fraction of sp³-hybridized carbons (Fsp3) is 0.684. The minimum Gasteiger partial charge on any atom is -0.343 e. The van der Waals surface area contributed by atoms with Gasteiger partial charge in [0, 0.05) is 55.8 Å². The zero-order valence-electron chi connectivity index (χ0n) is 15.6. The molecule has 1 atom stereocenters. The van der Waals surface area contributed by atoms with Crippen LogP contribution in [0.5, 0.6) is 0 Å². The van der Waals surface area contributed by atoms with E-state index < -0.39 is 9.84 Å². The van der Waals surface area contributed by atoms with Crippen molar-refractivity contribution in [3.8, 4) is 0 Å². The fourth-order valence-electron chi connectivity index (χ4n) is 4.13. The van der Waals surface area contributed by atoms with Crippen LogP contribution in [0.25, 0.3) is 0 Å². The molecule has 7 heteroatoms. The van der Waals surface area contributed by atoms with Gasteiger partial charge in [-0.05, 0) is 26.7 Å². The summed E-state index contributed by atoms with van der Waals surface area (Å²) in [6.45, 7) is 6.84. The molecule has 3 aliphatic heterocycles. The predicted octanol–water partition coefficient (Wildman–Crippen LogP) is 1.74. The summed E-state index contributed by atoms with van der Waals surface area (Å²) >= 11 is 0. The molecule has 2 amide bonds. The highest BCUT2D eigenvalue weighted by molar-refractivity contribution is 7.94. The molecular weight excluding hydrogens is 352 g/mol. The van der Waals surface area contributed by atoms with Gasteiger partial charge < -0.3 is 9.80 Å². The van der Waals surface area contributed by atoms with Crippen LogP contribution in [0.15, 0.2) is 23.1 Å². The van der Waals surface area contributed by atoms with Gasteiger partial charge in [-0.3, -0.25) is 9.59 Å². The summed E-state index contributed by atoms with van der Waals surface area (Å²) < 4.78 is 22.9. The number of piperidine rings is 1. The zero-order valence-corrected chi connectivity index (χ0v) is 16.4. The van der Waals surface area contributed by atoms with Gasteiger partial charge in [-0.2, -0.15) is 0 Å². The van der Waals surface area contributed by atoms with Crippen LogP contribution in [-0.2, 0) is 19.4 Å². The maximum atomic E-state index is 12.5. The van der Waals surface area contributed by atoms with Crippen molar-refractivity contribution in [2.75, 3.05) is 31.9 Å². The van der Waals surface area contributed by atoms with Gasteiger partial charge in [-0.1, -0.05) is 17.7 Å². The van der Waals surface area contributed by atoms with Crippen molar-refractivity contribution in [3.05, 3.63) is 23.1 Å². The van der Waals surface area contributed by atoms with Crippen molar-refractivity contribution in [1.29, 1.82) is 0 Å². The van der Waals surface area contributed by atoms with Crippen molar-refractivity contribution >= 4 is 21.7 Å². The quantitative estimate of drug-likeness (QED) is 0.697. The third-order valence-electron chi connectivity index (χ3n) is 5.74. The van der Waals surface area contributed by atoms with Crippen LogP contribution in [-0.4, -0.2) is 62.0 Å². The number of sulfone groups is 1. The summed E-state index contributed by atoms with van der Waals surface area (Å²) in [4.78, 5) is 28.6. The third-order valence-corrected chi connectivity index (χ3v) is 7.21. The number of likely N-dealkylation sites (tertiary alicyclic amines) is 2. The van der Waals surface area contributed by atoms with E-state index in [9.17, 15) is 18.0 Å². The molecule has 0 aliphatic carbocycles. The number of carbonyl (C=O) groups excluding carboxylic acids is 2. The first-order chi connectivity index (χ1) is 12.2. The fourth-order valence-corrected chi connectivity index (χ4v) is 5.53. The largest absolute Gasteiger partial charge is 0.343 e. The van der Waals surface area contributed by atoms with Crippen LogP contribution in [0, 0.1) is 11.3 Å². The standard InChI is InChI=1S/C19H28N2O4S/c1-15(2)3-7-21-14-19(12-18(21)23)5-8-20(9-6-19)17(22)11-16-4-10-26(24,25)13-16/h3-4,10,16H,5-9,11-14H2,1-2H3/t16-/m1/s1. The Kier molecular flexibility index (Phi) is 5.28. The zero-order chi connectivity index (χ0) is 18.9. The first-order valence-electron chi connectivity index (χ1n) is 9.28. The Morgan fingerprint density at radius 1 is 1.31 bits per heavy atom. The molecule has 1 spiro atoms. The van der Waals surface area contributed by atoms with Crippen molar-refractivity contribution in [1.82, 2.24) is 9.80 Å². The van der Waals surface area contributed by atoms with E-state index in [1.807, 2.05) is 23.6 Å². The third kappa shape index (κ3) is 4.37. The van der Waals surface area contributed by atoms with Gasteiger partial charge in [0.2, 0.25) is 11.8 Å². The molecule has 3 heterocycles. The van der Waals surface area contributed by atoms with Crippen LogP contribution < -0.4 is 0 Å². The highest BCUT2D eigenvalue weighted by Gasteiger charge is 2.45. The molecule has 0 aromatic rings. The number of carbonyl (C=O) groups is 2. The monoisotopic (exact) mass is 380 g/mol. The van der Waals surface area contributed by atoms with Gasteiger partial charge in [-0.15, -0.1) is 0 Å². The topological polar surface area (TPSA) is 74.8 Å².